The fourth-order valence-electron chi connectivity index (χ4n) is 3.54. The van der Waals surface area contributed by atoms with Gasteiger partial charge in [-0.3, -0.25) is 24.0 Å². The number of hydrogen-bond donors (Lipinski definition) is 3. The highest BCUT2D eigenvalue weighted by atomic mass is 16.6. The molecular weight excluding hydrogens is 626 g/mol. The van der Waals surface area contributed by atoms with E-state index >= 15 is 0 Å². The molecule has 0 aromatic carbocycles. The zero-order valence-electron chi connectivity index (χ0n) is 28.5. The summed E-state index contributed by atoms with van der Waals surface area (Å²) in [6.45, 7) is 5.55. The molecule has 0 aliphatic carbocycles. The van der Waals surface area contributed by atoms with E-state index in [1.54, 1.807) is 20.8 Å². The Kier molecular flexibility index (Phi) is 23.6. The van der Waals surface area contributed by atoms with Crippen LogP contribution in [0.25, 0.3) is 0 Å². The number of alkyl carbamates (subject to hydrolysis) is 1. The Morgan fingerprint density at radius 2 is 1.00 bits per heavy atom. The normalized spacial score (nSPS) is 11.3. The molecule has 0 spiro atoms. The van der Waals surface area contributed by atoms with Crippen molar-refractivity contribution < 1.29 is 66.7 Å². The Balaban J connectivity index is 4.88. The van der Waals surface area contributed by atoms with Gasteiger partial charge in [0.2, 0.25) is 11.8 Å². The van der Waals surface area contributed by atoms with E-state index in [4.69, 9.17) is 23.7 Å². The van der Waals surface area contributed by atoms with Crippen molar-refractivity contribution in [3.8, 4) is 0 Å². The molecule has 0 unspecified atom stereocenters. The first-order valence-corrected chi connectivity index (χ1v) is 15.3. The first-order chi connectivity index (χ1) is 22.3. The summed E-state index contributed by atoms with van der Waals surface area (Å²) < 4.78 is 41.5. The van der Waals surface area contributed by atoms with Crippen molar-refractivity contribution in [1.82, 2.24) is 16.0 Å². The second-order valence-corrected chi connectivity index (χ2v) is 11.2. The lowest BCUT2D eigenvalue weighted by molar-refractivity contribution is -0.143. The number of esters is 3. The van der Waals surface area contributed by atoms with Crippen molar-refractivity contribution in [3.05, 3.63) is 0 Å². The first kappa shape index (κ1) is 43.5. The molecule has 272 valence electrons. The highest BCUT2D eigenvalue weighted by Crippen LogP contribution is 2.12. The molecule has 0 atom stereocenters. The predicted molar refractivity (Wildman–Crippen MR) is 165 cm³/mol. The minimum atomic E-state index is -1.26. The molecule has 0 bridgehead atoms. The average molecular weight is 680 g/mol. The fraction of sp³-hybridized carbons (Fsp3) is 0.800. The molecule has 0 saturated heterocycles. The van der Waals surface area contributed by atoms with E-state index in [9.17, 15) is 28.8 Å². The maximum atomic E-state index is 12.9. The maximum absolute atomic E-state index is 12.9. The molecule has 3 amide bonds. The van der Waals surface area contributed by atoms with Crippen LogP contribution in [0.2, 0.25) is 0 Å². The molecule has 0 saturated carbocycles. The van der Waals surface area contributed by atoms with Crippen LogP contribution in [0.15, 0.2) is 0 Å². The topological polar surface area (TPSA) is 212 Å². The van der Waals surface area contributed by atoms with Crippen LogP contribution in [0.4, 0.5) is 4.79 Å². The number of amides is 3. The summed E-state index contributed by atoms with van der Waals surface area (Å²) in [6.07, 6.45) is -0.0556. The lowest BCUT2D eigenvalue weighted by Crippen LogP contribution is -2.59. The van der Waals surface area contributed by atoms with Crippen molar-refractivity contribution in [2.45, 2.75) is 70.4 Å². The Morgan fingerprint density at radius 1 is 0.532 bits per heavy atom. The van der Waals surface area contributed by atoms with Gasteiger partial charge in [0.15, 0.2) is 0 Å². The number of methoxy groups -OCH3 is 3. The van der Waals surface area contributed by atoms with E-state index in [0.717, 1.165) is 0 Å². The van der Waals surface area contributed by atoms with Gasteiger partial charge in [-0.1, -0.05) is 0 Å². The maximum Gasteiger partial charge on any atom is 0.407 e. The van der Waals surface area contributed by atoms with Gasteiger partial charge in [0.25, 0.3) is 0 Å². The average Bonchev–Trinajstić information content (AvgIpc) is 3.02. The van der Waals surface area contributed by atoms with Crippen molar-refractivity contribution in [2.24, 2.45) is 0 Å². The van der Waals surface area contributed by atoms with Crippen molar-refractivity contribution in [2.75, 3.05) is 87.3 Å². The second kappa shape index (κ2) is 25.5. The van der Waals surface area contributed by atoms with E-state index in [1.807, 2.05) is 0 Å². The zero-order valence-corrected chi connectivity index (χ0v) is 28.5. The van der Waals surface area contributed by atoms with Crippen LogP contribution in [0.5, 0.6) is 0 Å². The van der Waals surface area contributed by atoms with Crippen LogP contribution in [0, 0.1) is 0 Å². The number of hydrogen-bond acceptors (Lipinski definition) is 14. The fourth-order valence-corrected chi connectivity index (χ4v) is 3.54. The molecule has 0 aromatic rings. The standard InChI is InChI=1S/C30H53N3O14/c1-29(2,3)47-28(39)32-13-7-8-23(34)31-14-19-43-15-9-24(35)33-30(20-44-16-10-25(36)40-4,21-45-17-11-26(37)41-5)22-46-18-12-27(38)42-6/h7-22H2,1-6H3,(H,31,34)(H,32,39)(H,33,35). The molecule has 3 N–H and O–H groups in total. The van der Waals surface area contributed by atoms with Gasteiger partial charge in [-0.15, -0.1) is 0 Å². The zero-order chi connectivity index (χ0) is 35.6. The third-order valence-electron chi connectivity index (χ3n) is 5.87. The van der Waals surface area contributed by atoms with E-state index in [-0.39, 0.29) is 97.4 Å². The van der Waals surface area contributed by atoms with Crippen molar-refractivity contribution in [3.63, 3.8) is 0 Å². The third kappa shape index (κ3) is 25.3. The first-order valence-electron chi connectivity index (χ1n) is 15.3. The summed E-state index contributed by atoms with van der Waals surface area (Å²) in [5.74, 6) is -2.09. The van der Waals surface area contributed by atoms with E-state index in [0.29, 0.717) is 13.0 Å². The molecule has 17 nitrogen and oxygen atoms in total. The van der Waals surface area contributed by atoms with Gasteiger partial charge < -0.3 is 53.8 Å². The third-order valence-corrected chi connectivity index (χ3v) is 5.87. The van der Waals surface area contributed by atoms with Crippen LogP contribution in [0.3, 0.4) is 0 Å². The minimum absolute atomic E-state index is 0.0102. The number of ether oxygens (including phenoxy) is 8. The van der Waals surface area contributed by atoms with Gasteiger partial charge in [-0.05, 0) is 27.2 Å². The molecule has 0 aliphatic heterocycles. The molecule has 17 heteroatoms. The summed E-state index contributed by atoms with van der Waals surface area (Å²) in [6, 6.07) is 0. The van der Waals surface area contributed by atoms with Gasteiger partial charge in [-0.2, -0.15) is 0 Å². The highest BCUT2D eigenvalue weighted by molar-refractivity contribution is 5.77. The van der Waals surface area contributed by atoms with Gasteiger partial charge in [0.05, 0.1) is 93.4 Å². The monoisotopic (exact) mass is 679 g/mol. The number of rotatable bonds is 26. The summed E-state index contributed by atoms with van der Waals surface area (Å²) in [5.41, 5.74) is -1.86. The van der Waals surface area contributed by atoms with Crippen LogP contribution in [0.1, 0.15) is 59.3 Å². The molecule has 0 heterocycles. The molecule has 0 radical (unpaired) electrons. The summed E-state index contributed by atoms with van der Waals surface area (Å²) in [4.78, 5) is 71.1. The van der Waals surface area contributed by atoms with Crippen LogP contribution >= 0.6 is 0 Å². The smallest absolute Gasteiger partial charge is 0.407 e. The Bertz CT molecular complexity index is 895. The number of nitrogens with one attached hydrogen (secondary N) is 3. The molecule has 0 aromatic heterocycles. The van der Waals surface area contributed by atoms with Gasteiger partial charge in [0.1, 0.15) is 11.1 Å². The van der Waals surface area contributed by atoms with Gasteiger partial charge in [-0.25, -0.2) is 4.79 Å². The van der Waals surface area contributed by atoms with Crippen LogP contribution in [-0.2, 0) is 61.9 Å². The van der Waals surface area contributed by atoms with Crippen LogP contribution < -0.4 is 16.0 Å². The lowest BCUT2D eigenvalue weighted by atomic mass is 10.0. The summed E-state index contributed by atoms with van der Waals surface area (Å²) in [7, 11) is 3.76. The second-order valence-electron chi connectivity index (χ2n) is 11.2. The lowest BCUT2D eigenvalue weighted by Gasteiger charge is -2.34. The Labute approximate surface area is 276 Å². The quantitative estimate of drug-likeness (QED) is 0.0642. The Hall–Kier alpha value is -3.54. The van der Waals surface area contributed by atoms with Crippen LogP contribution in [-0.4, -0.2) is 134 Å². The largest absolute Gasteiger partial charge is 0.469 e. The van der Waals surface area contributed by atoms with E-state index in [2.05, 4.69) is 30.2 Å². The van der Waals surface area contributed by atoms with E-state index in [1.165, 1.54) is 21.3 Å². The predicted octanol–water partition coefficient (Wildman–Crippen LogP) is 0.408. The van der Waals surface area contributed by atoms with Gasteiger partial charge >= 0.3 is 24.0 Å². The number of carbonyl (C=O) groups is 6. The number of carbonyl (C=O) groups excluding carboxylic acids is 6. The highest BCUT2D eigenvalue weighted by Gasteiger charge is 2.34. The van der Waals surface area contributed by atoms with Crippen molar-refractivity contribution >= 4 is 35.8 Å². The SMILES string of the molecule is COC(=O)CCOCC(COCCC(=O)OC)(COCCC(=O)OC)NC(=O)CCOCCNC(=O)CCCNC(=O)OC(C)(C)C. The summed E-state index contributed by atoms with van der Waals surface area (Å²) in [5, 5.41) is 8.13. The molecule has 0 fully saturated rings. The van der Waals surface area contributed by atoms with Crippen molar-refractivity contribution in [1.29, 1.82) is 0 Å². The van der Waals surface area contributed by atoms with E-state index < -0.39 is 41.0 Å². The van der Waals surface area contributed by atoms with Gasteiger partial charge in [0, 0.05) is 25.9 Å². The Morgan fingerprint density at radius 3 is 1.45 bits per heavy atom. The molecule has 47 heavy (non-hydrogen) atoms. The molecule has 0 rings (SSSR count). The summed E-state index contributed by atoms with van der Waals surface area (Å²) >= 11 is 0. The molecular formula is C30H53N3O14. The molecule has 0 aliphatic rings. The minimum Gasteiger partial charge on any atom is -0.469 e.